The van der Waals surface area contributed by atoms with E-state index in [0.29, 0.717) is 18.0 Å². The molecule has 3 amide bonds. The van der Waals surface area contributed by atoms with Crippen LogP contribution in [0.25, 0.3) is 0 Å². The molecule has 9 heteroatoms. The lowest BCUT2D eigenvalue weighted by Gasteiger charge is -2.16. The van der Waals surface area contributed by atoms with Crippen LogP contribution < -0.4 is 4.90 Å². The van der Waals surface area contributed by atoms with Crippen LogP contribution in [0.3, 0.4) is 0 Å². The molecule has 2 aromatic heterocycles. The summed E-state index contributed by atoms with van der Waals surface area (Å²) in [5, 5.41) is 17.8. The van der Waals surface area contributed by atoms with Crippen molar-refractivity contribution in [3.05, 3.63) is 59.2 Å². The molecular weight excluding hydrogens is 374 g/mol. The average molecular weight is 397 g/mol. The largest absolute Gasteiger partial charge is 0.508 e. The molecule has 0 saturated carbocycles. The number of benzene rings is 1. The fourth-order valence-corrected chi connectivity index (χ4v) is 3.25. The number of carbonyl (C=O) groups is 2. The van der Waals surface area contributed by atoms with Crippen LogP contribution in [0.2, 0.25) is 0 Å². The Labute approximate surface area is 168 Å². The molecule has 3 aromatic rings. The second-order valence-electron chi connectivity index (χ2n) is 6.74. The predicted octanol–water partition coefficient (Wildman–Crippen LogP) is 2.85. The summed E-state index contributed by atoms with van der Waals surface area (Å²) in [6.45, 7) is 4.33. The minimum absolute atomic E-state index is 0. The fraction of sp³-hybridized carbons (Fsp3) is 0.300. The van der Waals surface area contributed by atoms with Gasteiger partial charge in [0.2, 0.25) is 0 Å². The number of aryl methyl sites for hydroxylation is 2. The van der Waals surface area contributed by atoms with Crippen LogP contribution in [0, 0.1) is 13.8 Å². The number of carbonyl (C=O) groups excluding carboxylic acids is 2. The van der Waals surface area contributed by atoms with Gasteiger partial charge in [0.25, 0.3) is 5.91 Å². The van der Waals surface area contributed by atoms with Gasteiger partial charge < -0.3 is 14.5 Å². The van der Waals surface area contributed by atoms with E-state index >= 15 is 0 Å². The summed E-state index contributed by atoms with van der Waals surface area (Å²) in [7, 11) is 0. The van der Waals surface area contributed by atoms with Gasteiger partial charge in [0.05, 0.1) is 24.1 Å². The highest BCUT2D eigenvalue weighted by atomic mass is 16.5. The van der Waals surface area contributed by atoms with Gasteiger partial charge in [-0.1, -0.05) is 24.7 Å². The molecule has 1 aromatic carbocycles. The monoisotopic (exact) mass is 397 g/mol. The molecule has 4 rings (SSSR count). The number of phenols is 1. The third-order valence-corrected chi connectivity index (χ3v) is 4.70. The van der Waals surface area contributed by atoms with Gasteiger partial charge in [-0.3, -0.25) is 9.48 Å². The van der Waals surface area contributed by atoms with Crippen molar-refractivity contribution in [2.75, 3.05) is 11.4 Å². The highest BCUT2D eigenvalue weighted by Crippen LogP contribution is 2.24. The number of imide groups is 1. The van der Waals surface area contributed by atoms with Gasteiger partial charge in [-0.2, -0.15) is 5.10 Å². The van der Waals surface area contributed by atoms with Crippen LogP contribution in [0.15, 0.2) is 41.2 Å². The Morgan fingerprint density at radius 2 is 2.00 bits per heavy atom. The van der Waals surface area contributed by atoms with Crippen LogP contribution in [-0.4, -0.2) is 43.4 Å². The zero-order valence-electron chi connectivity index (χ0n) is 15.5. The maximum atomic E-state index is 12.7. The lowest BCUT2D eigenvalue weighted by atomic mass is 10.2. The SMILES string of the molecule is C.Cc1noc(C)c1Cn1cc(N2C(=O)CN(Cc3cccc(O)c3)C2=O)cn1. The van der Waals surface area contributed by atoms with Gasteiger partial charge in [-0.05, 0) is 31.5 Å². The summed E-state index contributed by atoms with van der Waals surface area (Å²) >= 11 is 0. The number of hydrogen-bond donors (Lipinski definition) is 1. The highest BCUT2D eigenvalue weighted by molar-refractivity contribution is 6.19. The van der Waals surface area contributed by atoms with E-state index in [1.165, 1.54) is 11.1 Å². The third kappa shape index (κ3) is 3.84. The predicted molar refractivity (Wildman–Crippen MR) is 105 cm³/mol. The normalized spacial score (nSPS) is 13.9. The van der Waals surface area contributed by atoms with Gasteiger partial charge in [-0.15, -0.1) is 0 Å². The van der Waals surface area contributed by atoms with E-state index < -0.39 is 6.03 Å². The zero-order chi connectivity index (χ0) is 19.8. The number of urea groups is 1. The number of amides is 3. The standard InChI is InChI=1S/C19H19N5O4.CH4/c1-12-17(13(2)28-21-12)10-23-9-15(7-20-23)24-18(26)11-22(19(24)27)8-14-4-3-5-16(25)6-14;/h3-7,9,25H,8,10-11H2,1-2H3;1H4. The number of phenolic OH excluding ortho intramolecular Hbond substituents is 1. The van der Waals surface area contributed by atoms with E-state index in [0.717, 1.165) is 21.7 Å². The molecule has 0 bridgehead atoms. The summed E-state index contributed by atoms with van der Waals surface area (Å²) in [5.41, 5.74) is 2.86. The summed E-state index contributed by atoms with van der Waals surface area (Å²) in [5.74, 6) is 0.509. The van der Waals surface area contributed by atoms with Gasteiger partial charge in [0.1, 0.15) is 18.1 Å². The van der Waals surface area contributed by atoms with Gasteiger partial charge in [-0.25, -0.2) is 9.69 Å². The zero-order valence-corrected chi connectivity index (χ0v) is 15.5. The van der Waals surface area contributed by atoms with Crippen molar-refractivity contribution in [1.82, 2.24) is 19.8 Å². The van der Waals surface area contributed by atoms with Crippen molar-refractivity contribution < 1.29 is 19.2 Å². The third-order valence-electron chi connectivity index (χ3n) is 4.70. The van der Waals surface area contributed by atoms with Crippen molar-refractivity contribution in [3.63, 3.8) is 0 Å². The first-order chi connectivity index (χ1) is 13.4. The van der Waals surface area contributed by atoms with Crippen LogP contribution >= 0.6 is 0 Å². The van der Waals surface area contributed by atoms with Gasteiger partial charge in [0.15, 0.2) is 0 Å². The molecule has 0 radical (unpaired) electrons. The van der Waals surface area contributed by atoms with E-state index in [1.54, 1.807) is 35.1 Å². The number of aromatic hydroxyl groups is 1. The second-order valence-corrected chi connectivity index (χ2v) is 6.74. The summed E-state index contributed by atoms with van der Waals surface area (Å²) in [6.07, 6.45) is 3.14. The van der Waals surface area contributed by atoms with E-state index in [9.17, 15) is 14.7 Å². The fourth-order valence-electron chi connectivity index (χ4n) is 3.25. The van der Waals surface area contributed by atoms with E-state index in [-0.39, 0.29) is 32.2 Å². The van der Waals surface area contributed by atoms with Crippen LogP contribution in [0.5, 0.6) is 5.75 Å². The molecule has 1 saturated heterocycles. The van der Waals surface area contributed by atoms with Gasteiger partial charge in [0, 0.05) is 18.3 Å². The number of hydrogen-bond acceptors (Lipinski definition) is 6. The number of aromatic nitrogens is 3. The van der Waals surface area contributed by atoms with Crippen LogP contribution in [0.1, 0.15) is 30.0 Å². The quantitative estimate of drug-likeness (QED) is 0.664. The number of anilines is 1. The van der Waals surface area contributed by atoms with Crippen molar-refractivity contribution in [1.29, 1.82) is 0 Å². The molecule has 1 fully saturated rings. The minimum atomic E-state index is -0.412. The smallest absolute Gasteiger partial charge is 0.332 e. The number of rotatable bonds is 5. The topological polar surface area (TPSA) is 105 Å². The summed E-state index contributed by atoms with van der Waals surface area (Å²) < 4.78 is 6.79. The number of nitrogens with zero attached hydrogens (tertiary/aromatic N) is 5. The maximum absolute atomic E-state index is 12.7. The Morgan fingerprint density at radius 3 is 2.69 bits per heavy atom. The first-order valence-corrected chi connectivity index (χ1v) is 8.76. The molecule has 0 atom stereocenters. The maximum Gasteiger partial charge on any atom is 0.332 e. The Balaban J connectivity index is 0.00000240. The Bertz CT molecular complexity index is 1040. The van der Waals surface area contributed by atoms with Crippen LogP contribution in [0.4, 0.5) is 10.5 Å². The molecule has 29 heavy (non-hydrogen) atoms. The van der Waals surface area contributed by atoms with E-state index in [1.807, 2.05) is 13.8 Å². The summed E-state index contributed by atoms with van der Waals surface area (Å²) in [4.78, 5) is 27.7. The van der Waals surface area contributed by atoms with E-state index in [2.05, 4.69) is 10.3 Å². The molecule has 0 spiro atoms. The Morgan fingerprint density at radius 1 is 1.21 bits per heavy atom. The molecule has 1 aliphatic heterocycles. The second kappa shape index (κ2) is 7.78. The molecule has 9 nitrogen and oxygen atoms in total. The average Bonchev–Trinajstić information content (AvgIpc) is 3.30. The van der Waals surface area contributed by atoms with Gasteiger partial charge >= 0.3 is 6.03 Å². The first kappa shape index (κ1) is 20.1. The lowest BCUT2D eigenvalue weighted by Crippen LogP contribution is -2.32. The molecule has 0 unspecified atom stereocenters. The first-order valence-electron chi connectivity index (χ1n) is 8.76. The minimum Gasteiger partial charge on any atom is -0.508 e. The van der Waals surface area contributed by atoms with Crippen molar-refractivity contribution >= 4 is 17.6 Å². The Hall–Kier alpha value is -3.62. The Kier molecular flexibility index (Phi) is 5.40. The molecule has 1 aliphatic rings. The highest BCUT2D eigenvalue weighted by Gasteiger charge is 2.37. The van der Waals surface area contributed by atoms with Crippen molar-refractivity contribution in [2.45, 2.75) is 34.4 Å². The van der Waals surface area contributed by atoms with Crippen molar-refractivity contribution in [2.24, 2.45) is 0 Å². The molecule has 0 aliphatic carbocycles. The molecular formula is C20H23N5O4. The van der Waals surface area contributed by atoms with Crippen LogP contribution in [-0.2, 0) is 17.9 Å². The molecule has 1 N–H and O–H groups in total. The molecule has 152 valence electrons. The van der Waals surface area contributed by atoms with Crippen molar-refractivity contribution in [3.8, 4) is 5.75 Å². The lowest BCUT2D eigenvalue weighted by molar-refractivity contribution is -0.116. The summed E-state index contributed by atoms with van der Waals surface area (Å²) in [6, 6.07) is 6.21. The van der Waals surface area contributed by atoms with E-state index in [4.69, 9.17) is 4.52 Å². The molecule has 3 heterocycles.